The van der Waals surface area contributed by atoms with Crippen molar-refractivity contribution in [2.75, 3.05) is 6.61 Å². The summed E-state index contributed by atoms with van der Waals surface area (Å²) in [6.45, 7) is 6.33. The van der Waals surface area contributed by atoms with Gasteiger partial charge in [-0.2, -0.15) is 0 Å². The normalized spacial score (nSPS) is 13.8. The van der Waals surface area contributed by atoms with Gasteiger partial charge in [0, 0.05) is 6.42 Å². The van der Waals surface area contributed by atoms with Crippen LogP contribution in [0.3, 0.4) is 0 Å². The first kappa shape index (κ1) is 59.3. The van der Waals surface area contributed by atoms with E-state index in [1.807, 2.05) is 0 Å². The summed E-state index contributed by atoms with van der Waals surface area (Å²) in [6.07, 6.45) is 62.5. The number of carbonyl (C=O) groups is 2. The second-order valence-electron chi connectivity index (χ2n) is 17.5. The fourth-order valence-corrected chi connectivity index (χ4v) is 7.58. The minimum Gasteiger partial charge on any atom is -0.462 e. The van der Waals surface area contributed by atoms with Gasteiger partial charge < -0.3 is 20.3 Å². The molecule has 3 N–H and O–H groups in total. The van der Waals surface area contributed by atoms with Crippen LogP contribution >= 0.6 is 0 Å². The van der Waals surface area contributed by atoms with E-state index in [2.05, 4.69) is 99.0 Å². The fraction of sp³-hybridized carbons (Fsp3) is 0.750. The Balaban J connectivity index is 4.65. The standard InChI is InChI=1S/C56H99NO5/c1-4-7-10-13-16-19-22-25-27-28-29-31-34-37-40-43-46-49-56(61)62-52(47-44-41-38-35-32-24-21-18-15-12-9-6-3)50-55(60)57-53(51-58)54(59)48-45-42-39-36-33-30-26-23-20-17-14-11-8-5-2/h9,12,16,18-19,21,25,27,29,31,37,40,52-54,58-59H,4-8,10-11,13-15,17,20,22-24,26,28,30,32-36,38-39,41-51H2,1-3H3,(H,57,60)/b12-9+,19-16-,21-18+,27-25-,31-29-,40-37-. The number of unbranched alkanes of at least 4 members (excludes halogenated alkanes) is 22. The molecule has 0 aromatic carbocycles. The highest BCUT2D eigenvalue weighted by Gasteiger charge is 2.24. The first-order valence-corrected chi connectivity index (χ1v) is 26.2. The Kier molecular flexibility index (Phi) is 47.2. The first-order chi connectivity index (χ1) is 30.5. The van der Waals surface area contributed by atoms with Crippen LogP contribution in [0, 0.1) is 0 Å². The second kappa shape index (κ2) is 49.3. The third kappa shape index (κ3) is 43.9. The molecule has 62 heavy (non-hydrogen) atoms. The molecular formula is C56H99NO5. The molecular weight excluding hydrogens is 767 g/mol. The highest BCUT2D eigenvalue weighted by atomic mass is 16.5. The molecule has 0 fully saturated rings. The van der Waals surface area contributed by atoms with E-state index >= 15 is 0 Å². The molecule has 0 heterocycles. The number of amides is 1. The molecule has 0 aliphatic heterocycles. The van der Waals surface area contributed by atoms with Crippen molar-refractivity contribution in [3.8, 4) is 0 Å². The average molecular weight is 866 g/mol. The summed E-state index contributed by atoms with van der Waals surface area (Å²) in [5, 5.41) is 23.8. The summed E-state index contributed by atoms with van der Waals surface area (Å²) in [5.41, 5.74) is 0. The Hall–Kier alpha value is -2.70. The van der Waals surface area contributed by atoms with Crippen molar-refractivity contribution in [2.24, 2.45) is 0 Å². The van der Waals surface area contributed by atoms with Gasteiger partial charge in [-0.25, -0.2) is 0 Å². The van der Waals surface area contributed by atoms with Gasteiger partial charge in [-0.3, -0.25) is 9.59 Å². The Labute approximate surface area is 383 Å². The number of rotatable bonds is 46. The largest absolute Gasteiger partial charge is 0.462 e. The van der Waals surface area contributed by atoms with E-state index in [1.165, 1.54) is 103 Å². The Bertz CT molecular complexity index is 1150. The maximum atomic E-state index is 13.2. The molecule has 358 valence electrons. The maximum Gasteiger partial charge on any atom is 0.306 e. The zero-order chi connectivity index (χ0) is 45.2. The first-order valence-electron chi connectivity index (χ1n) is 26.2. The minimum absolute atomic E-state index is 0.0439. The van der Waals surface area contributed by atoms with E-state index in [-0.39, 0.29) is 24.9 Å². The van der Waals surface area contributed by atoms with E-state index < -0.39 is 18.2 Å². The smallest absolute Gasteiger partial charge is 0.306 e. The number of allylic oxidation sites excluding steroid dienone is 12. The van der Waals surface area contributed by atoms with Crippen molar-refractivity contribution in [3.05, 3.63) is 72.9 Å². The topological polar surface area (TPSA) is 95.9 Å². The maximum absolute atomic E-state index is 13.2. The zero-order valence-electron chi connectivity index (χ0n) is 40.7. The number of hydrogen-bond donors (Lipinski definition) is 3. The van der Waals surface area contributed by atoms with E-state index in [0.29, 0.717) is 25.7 Å². The quantitative estimate of drug-likeness (QED) is 0.0322. The lowest BCUT2D eigenvalue weighted by molar-refractivity contribution is -0.151. The SMILES string of the molecule is CC/C=C/C/C=C/CCCCCCCC(CC(=O)NC(CO)C(O)CCCCCCCCCCCCCCCC)OC(=O)CCC/C=C\C/C=C\C/C=C\C/C=C\CCCCC. The van der Waals surface area contributed by atoms with E-state index in [9.17, 15) is 19.8 Å². The summed E-state index contributed by atoms with van der Waals surface area (Å²) in [5.74, 6) is -0.556. The Morgan fingerprint density at radius 1 is 0.484 bits per heavy atom. The van der Waals surface area contributed by atoms with Crippen LogP contribution in [0.5, 0.6) is 0 Å². The van der Waals surface area contributed by atoms with Crippen molar-refractivity contribution in [1.82, 2.24) is 5.32 Å². The van der Waals surface area contributed by atoms with Crippen LogP contribution in [0.2, 0.25) is 0 Å². The van der Waals surface area contributed by atoms with Gasteiger partial charge in [0.15, 0.2) is 0 Å². The van der Waals surface area contributed by atoms with Crippen LogP contribution in [-0.2, 0) is 14.3 Å². The van der Waals surface area contributed by atoms with Crippen LogP contribution in [0.4, 0.5) is 0 Å². The number of carbonyl (C=O) groups excluding carboxylic acids is 2. The molecule has 0 aliphatic carbocycles. The molecule has 0 aliphatic rings. The van der Waals surface area contributed by atoms with Crippen molar-refractivity contribution in [3.63, 3.8) is 0 Å². The predicted octanol–water partition coefficient (Wildman–Crippen LogP) is 15.8. The lowest BCUT2D eigenvalue weighted by atomic mass is 10.0. The molecule has 0 radical (unpaired) electrons. The molecule has 6 heteroatoms. The number of aliphatic hydroxyl groups excluding tert-OH is 2. The Morgan fingerprint density at radius 2 is 0.871 bits per heavy atom. The van der Waals surface area contributed by atoms with E-state index in [4.69, 9.17) is 4.74 Å². The highest BCUT2D eigenvalue weighted by molar-refractivity contribution is 5.77. The molecule has 0 aromatic rings. The third-order valence-corrected chi connectivity index (χ3v) is 11.5. The molecule has 3 atom stereocenters. The van der Waals surface area contributed by atoms with Crippen molar-refractivity contribution < 1.29 is 24.5 Å². The van der Waals surface area contributed by atoms with Gasteiger partial charge in [-0.05, 0) is 89.9 Å². The third-order valence-electron chi connectivity index (χ3n) is 11.5. The number of hydrogen-bond acceptors (Lipinski definition) is 5. The van der Waals surface area contributed by atoms with E-state index in [1.54, 1.807) is 0 Å². The lowest BCUT2D eigenvalue weighted by Crippen LogP contribution is -2.46. The van der Waals surface area contributed by atoms with E-state index in [0.717, 1.165) is 89.9 Å². The van der Waals surface area contributed by atoms with Crippen LogP contribution in [0.25, 0.3) is 0 Å². The number of aliphatic hydroxyl groups is 2. The molecule has 0 spiro atoms. The summed E-state index contributed by atoms with van der Waals surface area (Å²) >= 11 is 0. The lowest BCUT2D eigenvalue weighted by Gasteiger charge is -2.24. The minimum atomic E-state index is -0.803. The highest BCUT2D eigenvalue weighted by Crippen LogP contribution is 2.17. The summed E-state index contributed by atoms with van der Waals surface area (Å²) in [7, 11) is 0. The van der Waals surface area contributed by atoms with Gasteiger partial charge in [-0.1, -0.05) is 216 Å². The van der Waals surface area contributed by atoms with Crippen LogP contribution in [-0.4, -0.2) is 46.9 Å². The number of esters is 1. The molecule has 6 nitrogen and oxygen atoms in total. The van der Waals surface area contributed by atoms with Gasteiger partial charge in [0.05, 0.1) is 25.2 Å². The van der Waals surface area contributed by atoms with Gasteiger partial charge in [0.2, 0.25) is 5.91 Å². The van der Waals surface area contributed by atoms with Gasteiger partial charge in [0.25, 0.3) is 0 Å². The molecule has 3 unspecified atom stereocenters. The zero-order valence-corrected chi connectivity index (χ0v) is 40.7. The van der Waals surface area contributed by atoms with Crippen molar-refractivity contribution in [2.45, 2.75) is 264 Å². The van der Waals surface area contributed by atoms with Gasteiger partial charge >= 0.3 is 5.97 Å². The van der Waals surface area contributed by atoms with Crippen LogP contribution < -0.4 is 5.32 Å². The fourth-order valence-electron chi connectivity index (χ4n) is 7.58. The molecule has 0 saturated heterocycles. The second-order valence-corrected chi connectivity index (χ2v) is 17.5. The van der Waals surface area contributed by atoms with Crippen molar-refractivity contribution in [1.29, 1.82) is 0 Å². The monoisotopic (exact) mass is 866 g/mol. The predicted molar refractivity (Wildman–Crippen MR) is 268 cm³/mol. The molecule has 0 saturated carbocycles. The summed E-state index contributed by atoms with van der Waals surface area (Å²) < 4.78 is 5.90. The average Bonchev–Trinajstić information content (AvgIpc) is 3.26. The number of ether oxygens (including phenoxy) is 1. The molecule has 0 aromatic heterocycles. The van der Waals surface area contributed by atoms with Crippen LogP contribution in [0.1, 0.15) is 245 Å². The molecule has 0 rings (SSSR count). The Morgan fingerprint density at radius 3 is 1.35 bits per heavy atom. The molecule has 0 bridgehead atoms. The summed E-state index contributed by atoms with van der Waals surface area (Å²) in [6, 6.07) is -0.719. The van der Waals surface area contributed by atoms with Crippen molar-refractivity contribution >= 4 is 11.9 Å². The van der Waals surface area contributed by atoms with Gasteiger partial charge in [-0.15, -0.1) is 0 Å². The van der Waals surface area contributed by atoms with Crippen LogP contribution in [0.15, 0.2) is 72.9 Å². The number of nitrogens with one attached hydrogen (secondary N) is 1. The molecule has 1 amide bonds. The summed E-state index contributed by atoms with van der Waals surface area (Å²) in [4.78, 5) is 26.1. The van der Waals surface area contributed by atoms with Gasteiger partial charge in [0.1, 0.15) is 6.10 Å².